The van der Waals surface area contributed by atoms with E-state index in [2.05, 4.69) is 10.6 Å². The van der Waals surface area contributed by atoms with Crippen LogP contribution >= 0.6 is 0 Å². The first kappa shape index (κ1) is 21.8. The van der Waals surface area contributed by atoms with Gasteiger partial charge in [-0.25, -0.2) is 8.42 Å². The molecule has 0 bridgehead atoms. The molecule has 2 aromatic rings. The van der Waals surface area contributed by atoms with Crippen molar-refractivity contribution in [2.75, 3.05) is 25.5 Å². The third-order valence-electron chi connectivity index (χ3n) is 4.86. The molecule has 1 fully saturated rings. The Morgan fingerprint density at radius 2 is 1.70 bits per heavy atom. The summed E-state index contributed by atoms with van der Waals surface area (Å²) in [6.07, 6.45) is 2.80. The van der Waals surface area contributed by atoms with E-state index in [4.69, 9.17) is 4.74 Å². The number of piperidine rings is 1. The summed E-state index contributed by atoms with van der Waals surface area (Å²) in [6.45, 7) is 1.19. The highest BCUT2D eigenvalue weighted by Crippen LogP contribution is 2.21. The molecule has 1 heterocycles. The van der Waals surface area contributed by atoms with Crippen LogP contribution in [0.5, 0.6) is 5.75 Å². The molecule has 1 saturated heterocycles. The van der Waals surface area contributed by atoms with Crippen LogP contribution < -0.4 is 15.4 Å². The first-order chi connectivity index (χ1) is 14.4. The molecule has 0 spiro atoms. The van der Waals surface area contributed by atoms with E-state index in [1.165, 1.54) is 23.5 Å². The smallest absolute Gasteiger partial charge is 0.313 e. The standard InChI is InChI=1S/C21H25N3O5S/c1-29-18-7-5-6-17(14-18)23-21(26)20(25)22-15-16-8-10-19(11-9-16)30(27,28)24-12-3-2-4-13-24/h5-11,14H,2-4,12-13,15H2,1H3,(H,22,25)(H,23,26). The molecule has 8 nitrogen and oxygen atoms in total. The van der Waals surface area contributed by atoms with Crippen LogP contribution in [-0.2, 0) is 26.2 Å². The van der Waals surface area contributed by atoms with E-state index < -0.39 is 21.8 Å². The van der Waals surface area contributed by atoms with E-state index in [9.17, 15) is 18.0 Å². The fourth-order valence-corrected chi connectivity index (χ4v) is 4.70. The third kappa shape index (κ3) is 5.37. The van der Waals surface area contributed by atoms with Crippen LogP contribution in [0.1, 0.15) is 24.8 Å². The van der Waals surface area contributed by atoms with Gasteiger partial charge in [0, 0.05) is 31.4 Å². The molecule has 2 N–H and O–H groups in total. The largest absolute Gasteiger partial charge is 0.497 e. The number of ether oxygens (including phenoxy) is 1. The number of amides is 2. The van der Waals surface area contributed by atoms with E-state index in [0.29, 0.717) is 30.1 Å². The fourth-order valence-electron chi connectivity index (χ4n) is 3.18. The van der Waals surface area contributed by atoms with Gasteiger partial charge in [-0.05, 0) is 42.7 Å². The van der Waals surface area contributed by atoms with E-state index in [1.54, 1.807) is 36.4 Å². The van der Waals surface area contributed by atoms with E-state index in [-0.39, 0.29) is 11.4 Å². The number of benzene rings is 2. The van der Waals surface area contributed by atoms with Gasteiger partial charge < -0.3 is 15.4 Å². The van der Waals surface area contributed by atoms with Gasteiger partial charge in [-0.15, -0.1) is 0 Å². The van der Waals surface area contributed by atoms with Crippen molar-refractivity contribution >= 4 is 27.5 Å². The minimum absolute atomic E-state index is 0.106. The number of hydrogen-bond donors (Lipinski definition) is 2. The monoisotopic (exact) mass is 431 g/mol. The van der Waals surface area contributed by atoms with E-state index in [1.807, 2.05) is 0 Å². The van der Waals surface area contributed by atoms with Gasteiger partial charge in [0.05, 0.1) is 12.0 Å². The Morgan fingerprint density at radius 3 is 2.37 bits per heavy atom. The Hall–Kier alpha value is -2.91. The number of nitrogens with one attached hydrogen (secondary N) is 2. The van der Waals surface area contributed by atoms with Crippen molar-refractivity contribution in [2.24, 2.45) is 0 Å². The Bertz CT molecular complexity index is 1000. The minimum atomic E-state index is -3.49. The number of methoxy groups -OCH3 is 1. The highest BCUT2D eigenvalue weighted by atomic mass is 32.2. The van der Waals surface area contributed by atoms with Crippen molar-refractivity contribution in [1.82, 2.24) is 9.62 Å². The maximum Gasteiger partial charge on any atom is 0.313 e. The summed E-state index contributed by atoms with van der Waals surface area (Å²) in [5.41, 5.74) is 1.14. The lowest BCUT2D eigenvalue weighted by molar-refractivity contribution is -0.136. The second kappa shape index (κ2) is 9.73. The zero-order valence-electron chi connectivity index (χ0n) is 16.8. The molecular weight excluding hydrogens is 406 g/mol. The highest BCUT2D eigenvalue weighted by molar-refractivity contribution is 7.89. The van der Waals surface area contributed by atoms with Crippen LogP contribution in [0, 0.1) is 0 Å². The van der Waals surface area contributed by atoms with Gasteiger partial charge >= 0.3 is 11.8 Å². The average Bonchev–Trinajstić information content (AvgIpc) is 2.78. The molecule has 160 valence electrons. The predicted octanol–water partition coefficient (Wildman–Crippen LogP) is 2.12. The number of carbonyl (C=O) groups excluding carboxylic acids is 2. The summed E-state index contributed by atoms with van der Waals surface area (Å²) >= 11 is 0. The number of sulfonamides is 1. The number of anilines is 1. The van der Waals surface area contributed by atoms with Crippen molar-refractivity contribution in [2.45, 2.75) is 30.7 Å². The molecule has 2 aromatic carbocycles. The lowest BCUT2D eigenvalue weighted by atomic mass is 10.2. The molecule has 3 rings (SSSR count). The maximum absolute atomic E-state index is 12.7. The zero-order chi connectivity index (χ0) is 21.6. The van der Waals surface area contributed by atoms with E-state index in [0.717, 1.165) is 19.3 Å². The average molecular weight is 432 g/mol. The fraction of sp³-hybridized carbons (Fsp3) is 0.333. The van der Waals surface area contributed by atoms with Gasteiger partial charge in [0.15, 0.2) is 0 Å². The van der Waals surface area contributed by atoms with Gasteiger partial charge in [0.2, 0.25) is 10.0 Å². The van der Waals surface area contributed by atoms with Gasteiger partial charge in [-0.2, -0.15) is 4.31 Å². The SMILES string of the molecule is COc1cccc(NC(=O)C(=O)NCc2ccc(S(=O)(=O)N3CCCCC3)cc2)c1. The highest BCUT2D eigenvalue weighted by Gasteiger charge is 2.25. The lowest BCUT2D eigenvalue weighted by Crippen LogP contribution is -2.35. The first-order valence-corrected chi connectivity index (χ1v) is 11.2. The quantitative estimate of drug-likeness (QED) is 0.682. The molecule has 0 radical (unpaired) electrons. The van der Waals surface area contributed by atoms with Gasteiger partial charge in [0.25, 0.3) is 0 Å². The Morgan fingerprint density at radius 1 is 1.00 bits per heavy atom. The van der Waals surface area contributed by atoms with Crippen LogP contribution in [0.3, 0.4) is 0 Å². The molecule has 2 amide bonds. The molecule has 0 aliphatic carbocycles. The molecule has 0 aromatic heterocycles. The summed E-state index contributed by atoms with van der Waals surface area (Å²) in [5.74, 6) is -1.02. The van der Waals surface area contributed by atoms with Crippen LogP contribution in [0.15, 0.2) is 53.4 Å². The van der Waals surface area contributed by atoms with Crippen molar-refractivity contribution in [3.63, 3.8) is 0 Å². The van der Waals surface area contributed by atoms with Crippen molar-refractivity contribution in [1.29, 1.82) is 0 Å². The summed E-state index contributed by atoms with van der Waals surface area (Å²) in [7, 11) is -1.98. The second-order valence-corrected chi connectivity index (χ2v) is 8.92. The summed E-state index contributed by atoms with van der Waals surface area (Å²) in [6, 6.07) is 13.0. The predicted molar refractivity (Wildman–Crippen MR) is 113 cm³/mol. The van der Waals surface area contributed by atoms with Crippen molar-refractivity contribution < 1.29 is 22.7 Å². The number of hydrogen-bond acceptors (Lipinski definition) is 5. The molecule has 0 unspecified atom stereocenters. The summed E-state index contributed by atoms with van der Waals surface area (Å²) < 4.78 is 31.9. The third-order valence-corrected chi connectivity index (χ3v) is 6.78. The Labute approximate surface area is 176 Å². The van der Waals surface area contributed by atoms with Gasteiger partial charge in [0.1, 0.15) is 5.75 Å². The first-order valence-electron chi connectivity index (χ1n) is 9.72. The molecule has 0 atom stereocenters. The van der Waals surface area contributed by atoms with Crippen LogP contribution in [0.4, 0.5) is 5.69 Å². The van der Waals surface area contributed by atoms with Crippen molar-refractivity contribution in [3.05, 3.63) is 54.1 Å². The molecule has 1 aliphatic rings. The van der Waals surface area contributed by atoms with Crippen molar-refractivity contribution in [3.8, 4) is 5.75 Å². The summed E-state index contributed by atoms with van der Waals surface area (Å²) in [4.78, 5) is 24.3. The van der Waals surface area contributed by atoms with Gasteiger partial charge in [-0.3, -0.25) is 9.59 Å². The summed E-state index contributed by atoms with van der Waals surface area (Å²) in [5, 5.41) is 5.03. The topological polar surface area (TPSA) is 105 Å². The van der Waals surface area contributed by atoms with Crippen LogP contribution in [0.25, 0.3) is 0 Å². The normalized spacial score (nSPS) is 14.7. The van der Waals surface area contributed by atoms with Crippen LogP contribution in [0.2, 0.25) is 0 Å². The molecule has 9 heteroatoms. The zero-order valence-corrected chi connectivity index (χ0v) is 17.6. The Kier molecular flexibility index (Phi) is 7.07. The lowest BCUT2D eigenvalue weighted by Gasteiger charge is -2.25. The number of rotatable bonds is 6. The van der Waals surface area contributed by atoms with Crippen LogP contribution in [-0.4, -0.2) is 44.7 Å². The molecular formula is C21H25N3O5S. The number of nitrogens with zero attached hydrogens (tertiary/aromatic N) is 1. The number of carbonyl (C=O) groups is 2. The molecule has 1 aliphatic heterocycles. The molecule has 30 heavy (non-hydrogen) atoms. The minimum Gasteiger partial charge on any atom is -0.497 e. The maximum atomic E-state index is 12.7. The molecule has 0 saturated carbocycles. The second-order valence-electron chi connectivity index (χ2n) is 6.98. The van der Waals surface area contributed by atoms with Gasteiger partial charge in [-0.1, -0.05) is 24.6 Å². The van der Waals surface area contributed by atoms with E-state index >= 15 is 0 Å². The Balaban J connectivity index is 1.55.